The molecule has 1 spiro atoms. The molecule has 1 nitrogen and oxygen atoms in total. The summed E-state index contributed by atoms with van der Waals surface area (Å²) in [6, 6.07) is 0. The zero-order valence-electron chi connectivity index (χ0n) is 14.5. The molecule has 4 aliphatic carbocycles. The largest absolute Gasteiger partial charge is 0.389 e. The molecule has 6 unspecified atom stereocenters. The molecule has 4 rings (SSSR count). The molecule has 1 heteroatoms. The van der Waals surface area contributed by atoms with Crippen LogP contribution in [-0.2, 0) is 0 Å². The van der Waals surface area contributed by atoms with Crippen LogP contribution in [0.5, 0.6) is 0 Å². The predicted molar refractivity (Wildman–Crippen MR) is 86.9 cm³/mol. The number of rotatable bonds is 0. The van der Waals surface area contributed by atoms with E-state index in [1.54, 1.807) is 0 Å². The Kier molecular flexibility index (Phi) is 2.70. The van der Waals surface area contributed by atoms with Gasteiger partial charge in [0, 0.05) is 0 Å². The van der Waals surface area contributed by atoms with Gasteiger partial charge in [-0.05, 0) is 85.0 Å². The summed E-state index contributed by atoms with van der Waals surface area (Å²) in [5.74, 6) is 2.56. The standard InChI is InChI=1S/C20H32O/c1-12-8-9-20-13(2)6-7-14(18(20,3)4)10-16(20)19(5)11-15(21)17(12)19/h13-16,21H,6-11H2,1-5H3. The maximum Gasteiger partial charge on any atom is 0.0766 e. The van der Waals surface area contributed by atoms with Crippen molar-refractivity contribution in [1.82, 2.24) is 0 Å². The first-order chi connectivity index (χ1) is 9.75. The number of aliphatic hydroxyl groups is 1. The minimum atomic E-state index is -0.135. The van der Waals surface area contributed by atoms with E-state index in [1.165, 1.54) is 43.3 Å². The zero-order chi connectivity index (χ0) is 15.2. The normalized spacial score (nSPS) is 54.6. The summed E-state index contributed by atoms with van der Waals surface area (Å²) in [6.07, 6.45) is 7.74. The van der Waals surface area contributed by atoms with Crippen LogP contribution in [0, 0.1) is 34.0 Å². The molecule has 0 aromatic carbocycles. The lowest BCUT2D eigenvalue weighted by Crippen LogP contribution is -2.55. The molecule has 2 bridgehead atoms. The molecule has 0 heterocycles. The summed E-state index contributed by atoms with van der Waals surface area (Å²) < 4.78 is 0. The molecule has 0 aliphatic heterocycles. The van der Waals surface area contributed by atoms with Crippen molar-refractivity contribution in [3.8, 4) is 0 Å². The van der Waals surface area contributed by atoms with Gasteiger partial charge in [0.05, 0.1) is 6.10 Å². The fraction of sp³-hybridized carbons (Fsp3) is 0.900. The molecule has 4 aliphatic rings. The lowest BCUT2D eigenvalue weighted by Gasteiger charge is -2.60. The first kappa shape index (κ1) is 14.3. The number of aliphatic hydroxyl groups excluding tert-OH is 1. The highest BCUT2D eigenvalue weighted by molar-refractivity contribution is 5.38. The van der Waals surface area contributed by atoms with Crippen LogP contribution in [0.2, 0.25) is 0 Å². The SMILES string of the molecule is CC1=C2C(O)CC2(C)C2CC3CCC(C)C2(CC1)C3(C)C. The molecule has 1 N–H and O–H groups in total. The maximum atomic E-state index is 10.4. The smallest absolute Gasteiger partial charge is 0.0766 e. The van der Waals surface area contributed by atoms with E-state index in [1.807, 2.05) is 0 Å². The Hall–Kier alpha value is -0.300. The number of allylic oxidation sites excluding steroid dienone is 1. The van der Waals surface area contributed by atoms with E-state index in [9.17, 15) is 5.11 Å². The van der Waals surface area contributed by atoms with Crippen LogP contribution in [-0.4, -0.2) is 11.2 Å². The molecule has 0 aromatic heterocycles. The molecule has 0 saturated heterocycles. The Balaban J connectivity index is 1.89. The molecule has 3 saturated carbocycles. The highest BCUT2D eigenvalue weighted by Gasteiger charge is 2.70. The van der Waals surface area contributed by atoms with Crippen molar-refractivity contribution in [3.05, 3.63) is 11.1 Å². The van der Waals surface area contributed by atoms with Crippen molar-refractivity contribution in [3.63, 3.8) is 0 Å². The fourth-order valence-electron chi connectivity index (χ4n) is 7.85. The highest BCUT2D eigenvalue weighted by Crippen LogP contribution is 2.77. The summed E-state index contributed by atoms with van der Waals surface area (Å²) in [5, 5.41) is 10.4. The summed E-state index contributed by atoms with van der Waals surface area (Å²) >= 11 is 0. The van der Waals surface area contributed by atoms with Crippen molar-refractivity contribution in [1.29, 1.82) is 0 Å². The van der Waals surface area contributed by atoms with Crippen LogP contribution in [0.25, 0.3) is 0 Å². The average Bonchev–Trinajstić information content (AvgIpc) is 2.47. The summed E-state index contributed by atoms with van der Waals surface area (Å²) in [4.78, 5) is 0. The lowest BCUT2D eigenvalue weighted by atomic mass is 9.45. The van der Waals surface area contributed by atoms with E-state index in [-0.39, 0.29) is 6.10 Å². The third-order valence-electron chi connectivity index (χ3n) is 8.90. The fourth-order valence-corrected chi connectivity index (χ4v) is 7.85. The van der Waals surface area contributed by atoms with Crippen LogP contribution >= 0.6 is 0 Å². The van der Waals surface area contributed by atoms with E-state index < -0.39 is 0 Å². The Labute approximate surface area is 130 Å². The van der Waals surface area contributed by atoms with E-state index in [0.29, 0.717) is 16.2 Å². The second-order valence-electron chi connectivity index (χ2n) is 9.56. The Morgan fingerprint density at radius 3 is 2.52 bits per heavy atom. The third-order valence-corrected chi connectivity index (χ3v) is 8.90. The molecule has 0 aromatic rings. The molecule has 0 radical (unpaired) electrons. The molecule has 118 valence electrons. The van der Waals surface area contributed by atoms with Gasteiger partial charge in [-0.2, -0.15) is 0 Å². The van der Waals surface area contributed by atoms with Gasteiger partial charge < -0.3 is 5.11 Å². The number of hydrogen-bond acceptors (Lipinski definition) is 1. The van der Waals surface area contributed by atoms with Crippen LogP contribution in [0.3, 0.4) is 0 Å². The third kappa shape index (κ3) is 1.39. The average molecular weight is 288 g/mol. The van der Waals surface area contributed by atoms with Gasteiger partial charge in [-0.25, -0.2) is 0 Å². The molecule has 0 amide bonds. The van der Waals surface area contributed by atoms with Gasteiger partial charge in [0.15, 0.2) is 0 Å². The lowest BCUT2D eigenvalue weighted by molar-refractivity contribution is -0.102. The minimum Gasteiger partial charge on any atom is -0.389 e. The van der Waals surface area contributed by atoms with E-state index >= 15 is 0 Å². The van der Waals surface area contributed by atoms with Gasteiger partial charge in [-0.3, -0.25) is 0 Å². The Bertz CT molecular complexity index is 516. The summed E-state index contributed by atoms with van der Waals surface area (Å²) in [6.45, 7) is 12.5. The Morgan fingerprint density at radius 2 is 1.86 bits per heavy atom. The number of hydrogen-bond donors (Lipinski definition) is 1. The van der Waals surface area contributed by atoms with Gasteiger partial charge in [-0.1, -0.05) is 33.3 Å². The second kappa shape index (κ2) is 3.96. The van der Waals surface area contributed by atoms with Crippen molar-refractivity contribution in [2.45, 2.75) is 79.2 Å². The van der Waals surface area contributed by atoms with Crippen molar-refractivity contribution < 1.29 is 5.11 Å². The first-order valence-electron chi connectivity index (χ1n) is 9.13. The summed E-state index contributed by atoms with van der Waals surface area (Å²) in [7, 11) is 0. The van der Waals surface area contributed by atoms with Crippen molar-refractivity contribution in [2.75, 3.05) is 0 Å². The van der Waals surface area contributed by atoms with Gasteiger partial charge in [-0.15, -0.1) is 0 Å². The molecular weight excluding hydrogens is 256 g/mol. The van der Waals surface area contributed by atoms with E-state index in [2.05, 4.69) is 34.6 Å². The van der Waals surface area contributed by atoms with E-state index in [0.717, 1.165) is 24.2 Å². The topological polar surface area (TPSA) is 20.2 Å². The predicted octanol–water partition coefficient (Wildman–Crippen LogP) is 4.95. The Morgan fingerprint density at radius 1 is 1.14 bits per heavy atom. The highest BCUT2D eigenvalue weighted by atomic mass is 16.3. The maximum absolute atomic E-state index is 10.4. The van der Waals surface area contributed by atoms with Gasteiger partial charge in [0.2, 0.25) is 0 Å². The molecule has 21 heavy (non-hydrogen) atoms. The molecule has 6 atom stereocenters. The molecule has 3 fully saturated rings. The van der Waals surface area contributed by atoms with E-state index in [4.69, 9.17) is 0 Å². The molecular formula is C20H32O. The number of fused-ring (bicyclic) bond motifs is 3. The second-order valence-corrected chi connectivity index (χ2v) is 9.56. The van der Waals surface area contributed by atoms with Crippen LogP contribution < -0.4 is 0 Å². The quantitative estimate of drug-likeness (QED) is 0.626. The summed E-state index contributed by atoms with van der Waals surface area (Å²) in [5.41, 5.74) is 4.25. The van der Waals surface area contributed by atoms with Gasteiger partial charge in [0.1, 0.15) is 0 Å². The first-order valence-corrected chi connectivity index (χ1v) is 9.13. The van der Waals surface area contributed by atoms with Crippen LogP contribution in [0.1, 0.15) is 73.1 Å². The van der Waals surface area contributed by atoms with Crippen LogP contribution in [0.15, 0.2) is 11.1 Å². The van der Waals surface area contributed by atoms with Crippen molar-refractivity contribution >= 4 is 0 Å². The van der Waals surface area contributed by atoms with Gasteiger partial charge in [0.25, 0.3) is 0 Å². The monoisotopic (exact) mass is 288 g/mol. The van der Waals surface area contributed by atoms with Gasteiger partial charge >= 0.3 is 0 Å². The minimum absolute atomic E-state index is 0.135. The van der Waals surface area contributed by atoms with Crippen LogP contribution in [0.4, 0.5) is 0 Å². The van der Waals surface area contributed by atoms with Crippen molar-refractivity contribution in [2.24, 2.45) is 34.0 Å². The zero-order valence-corrected chi connectivity index (χ0v) is 14.5.